The first-order chi connectivity index (χ1) is 21.5. The third-order valence-corrected chi connectivity index (χ3v) is 8.96. The Bertz CT molecular complexity index is 1640. The summed E-state index contributed by atoms with van der Waals surface area (Å²) in [5, 5.41) is 6.92. The van der Waals surface area contributed by atoms with E-state index in [2.05, 4.69) is 20.1 Å². The van der Waals surface area contributed by atoms with Crippen molar-refractivity contribution < 1.29 is 37.1 Å². The number of esters is 1. The van der Waals surface area contributed by atoms with Crippen LogP contribution in [0, 0.1) is 0 Å². The molecule has 14 heteroatoms. The van der Waals surface area contributed by atoms with Crippen molar-refractivity contribution in [2.75, 3.05) is 33.3 Å². The summed E-state index contributed by atoms with van der Waals surface area (Å²) < 4.78 is 38.8. The number of rotatable bonds is 12. The third-order valence-electron chi connectivity index (χ3n) is 7.25. The summed E-state index contributed by atoms with van der Waals surface area (Å²) in [4.78, 5) is 53.6. The third kappa shape index (κ3) is 9.16. The number of fused-ring (bicyclic) bond motifs is 1. The average molecular weight is 659 g/mol. The maximum Gasteiger partial charge on any atom is 0.412 e. The number of sulfonamides is 1. The van der Waals surface area contributed by atoms with Crippen LogP contribution in [0.5, 0.6) is 0 Å². The molecule has 0 aliphatic carbocycles. The fraction of sp³-hybridized carbons (Fsp3) is 0.355. The lowest BCUT2D eigenvalue weighted by atomic mass is 10.0. The molecule has 0 spiro atoms. The molecule has 4 rings (SSSR count). The van der Waals surface area contributed by atoms with Crippen LogP contribution in [-0.4, -0.2) is 76.2 Å². The van der Waals surface area contributed by atoms with Crippen LogP contribution in [-0.2, 0) is 40.3 Å². The highest BCUT2D eigenvalue weighted by atomic mass is 35.5. The van der Waals surface area contributed by atoms with Gasteiger partial charge in [-0.05, 0) is 59.9 Å². The quantitative estimate of drug-likeness (QED) is 0.198. The van der Waals surface area contributed by atoms with E-state index in [0.29, 0.717) is 23.7 Å². The number of ether oxygens (including phenoxy) is 2. The van der Waals surface area contributed by atoms with Crippen molar-refractivity contribution >= 4 is 56.3 Å². The minimum Gasteiger partial charge on any atom is -0.468 e. The molecule has 12 nitrogen and oxygen atoms in total. The Kier molecular flexibility index (Phi) is 11.4. The molecule has 0 bridgehead atoms. The Morgan fingerprint density at radius 2 is 1.62 bits per heavy atom. The van der Waals surface area contributed by atoms with E-state index in [0.717, 1.165) is 37.1 Å². The first kappa shape index (κ1) is 33.7. The van der Waals surface area contributed by atoms with Gasteiger partial charge in [0.2, 0.25) is 15.9 Å². The number of piperidine rings is 1. The molecule has 1 aliphatic heterocycles. The normalized spacial score (nSPS) is 14.7. The van der Waals surface area contributed by atoms with Gasteiger partial charge in [0.25, 0.3) is 11.6 Å². The minimum atomic E-state index is -3.98. The molecule has 0 aromatic heterocycles. The zero-order chi connectivity index (χ0) is 32.5. The van der Waals surface area contributed by atoms with E-state index in [1.54, 1.807) is 42.5 Å². The zero-order valence-electron chi connectivity index (χ0n) is 24.7. The Hall–Kier alpha value is -4.20. The van der Waals surface area contributed by atoms with Gasteiger partial charge in [-0.15, -0.1) is 0 Å². The van der Waals surface area contributed by atoms with Gasteiger partial charge in [0.15, 0.2) is 0 Å². The van der Waals surface area contributed by atoms with E-state index in [-0.39, 0.29) is 17.9 Å². The van der Waals surface area contributed by atoms with Gasteiger partial charge >= 0.3 is 12.1 Å². The number of methoxy groups -OCH3 is 1. The lowest BCUT2D eigenvalue weighted by molar-refractivity contribution is -0.153. The summed E-state index contributed by atoms with van der Waals surface area (Å²) in [5.41, 5.74) is -1.82. The highest BCUT2D eigenvalue weighted by Crippen LogP contribution is 2.22. The smallest absolute Gasteiger partial charge is 0.412 e. The summed E-state index contributed by atoms with van der Waals surface area (Å²) in [6.07, 6.45) is 0.890. The Balaban J connectivity index is 1.55. The molecule has 3 aromatic carbocycles. The van der Waals surface area contributed by atoms with Crippen LogP contribution >= 0.6 is 11.6 Å². The summed E-state index contributed by atoms with van der Waals surface area (Å²) in [5.74, 6) is -2.52. The number of benzene rings is 3. The molecule has 45 heavy (non-hydrogen) atoms. The van der Waals surface area contributed by atoms with Gasteiger partial charge < -0.3 is 25.0 Å². The Labute approximate surface area is 266 Å². The highest BCUT2D eigenvalue weighted by molar-refractivity contribution is 7.89. The number of likely N-dealkylation sites (tertiary alicyclic amines) is 1. The van der Waals surface area contributed by atoms with Gasteiger partial charge in [-0.1, -0.05) is 54.1 Å². The molecule has 1 fully saturated rings. The maximum absolute atomic E-state index is 13.7. The average Bonchev–Trinajstić information content (AvgIpc) is 3.04. The summed E-state index contributed by atoms with van der Waals surface area (Å²) >= 11 is 6.03. The molecule has 1 saturated heterocycles. The van der Waals surface area contributed by atoms with Gasteiger partial charge in [0, 0.05) is 37.5 Å². The van der Waals surface area contributed by atoms with Crippen LogP contribution < -0.4 is 15.4 Å². The molecule has 240 valence electrons. The molecule has 3 N–H and O–H groups in total. The molecule has 3 amide bonds. The van der Waals surface area contributed by atoms with Gasteiger partial charge in [-0.25, -0.2) is 17.9 Å². The van der Waals surface area contributed by atoms with Crippen molar-refractivity contribution in [1.29, 1.82) is 0 Å². The fourth-order valence-electron chi connectivity index (χ4n) is 4.84. The van der Waals surface area contributed by atoms with E-state index in [1.165, 1.54) is 17.0 Å². The Morgan fingerprint density at radius 1 is 0.933 bits per heavy atom. The number of amides is 3. The first-order valence-corrected chi connectivity index (χ1v) is 16.2. The van der Waals surface area contributed by atoms with Crippen molar-refractivity contribution in [3.63, 3.8) is 0 Å². The predicted molar refractivity (Wildman–Crippen MR) is 167 cm³/mol. The number of halogens is 1. The van der Waals surface area contributed by atoms with E-state index in [9.17, 15) is 27.6 Å². The standard InChI is InChI=1S/C31H35ClN4O8S/c1-43-28(38)21-33-29(39)31(20-22-9-12-25(32)13-10-22,44-30(40)36-17-5-2-6-18-36)35-27(37)15-16-34-45(41,42)26-14-11-23-7-3-4-8-24(23)19-26/h3-4,7-14,19,34H,2,5-6,15-18,20-21H2,1H3,(H,33,39)(H,35,37). The summed E-state index contributed by atoms with van der Waals surface area (Å²) in [6.45, 7) is -0.0590. The van der Waals surface area contributed by atoms with Crippen molar-refractivity contribution in [1.82, 2.24) is 20.3 Å². The van der Waals surface area contributed by atoms with Crippen LogP contribution in [0.3, 0.4) is 0 Å². The van der Waals surface area contributed by atoms with Gasteiger partial charge in [0.1, 0.15) is 6.54 Å². The second-order valence-electron chi connectivity index (χ2n) is 10.5. The van der Waals surface area contributed by atoms with E-state index in [4.69, 9.17) is 16.3 Å². The molecular weight excluding hydrogens is 624 g/mol. The number of hydrogen-bond donors (Lipinski definition) is 3. The molecule has 0 radical (unpaired) electrons. The topological polar surface area (TPSA) is 160 Å². The van der Waals surface area contributed by atoms with Crippen LogP contribution in [0.25, 0.3) is 10.8 Å². The predicted octanol–water partition coefficient (Wildman–Crippen LogP) is 3.13. The van der Waals surface area contributed by atoms with Crippen molar-refractivity contribution in [3.8, 4) is 0 Å². The molecule has 1 atom stereocenters. The zero-order valence-corrected chi connectivity index (χ0v) is 26.3. The van der Waals surface area contributed by atoms with Crippen LogP contribution in [0.2, 0.25) is 5.02 Å². The summed E-state index contributed by atoms with van der Waals surface area (Å²) in [6, 6.07) is 18.3. The number of carbonyl (C=O) groups is 4. The van der Waals surface area contributed by atoms with Crippen LogP contribution in [0.1, 0.15) is 31.2 Å². The summed E-state index contributed by atoms with van der Waals surface area (Å²) in [7, 11) is -2.83. The van der Waals surface area contributed by atoms with Gasteiger partial charge in [-0.2, -0.15) is 0 Å². The highest BCUT2D eigenvalue weighted by Gasteiger charge is 2.45. The molecule has 1 aliphatic rings. The van der Waals surface area contributed by atoms with Crippen molar-refractivity contribution in [2.45, 2.75) is 42.7 Å². The molecule has 0 saturated carbocycles. The van der Waals surface area contributed by atoms with E-state index < -0.39 is 52.6 Å². The van der Waals surface area contributed by atoms with Gasteiger partial charge in [-0.3, -0.25) is 14.4 Å². The lowest BCUT2D eigenvalue weighted by Crippen LogP contribution is -2.64. The van der Waals surface area contributed by atoms with Gasteiger partial charge in [0.05, 0.1) is 12.0 Å². The number of nitrogens with zero attached hydrogens (tertiary/aromatic N) is 1. The number of carbonyl (C=O) groups excluding carboxylic acids is 4. The maximum atomic E-state index is 13.7. The Morgan fingerprint density at radius 3 is 2.31 bits per heavy atom. The molecular formula is C31H35ClN4O8S. The minimum absolute atomic E-state index is 0.0244. The number of nitrogens with one attached hydrogen (secondary N) is 3. The fourth-order valence-corrected chi connectivity index (χ4v) is 6.03. The van der Waals surface area contributed by atoms with Crippen molar-refractivity contribution in [2.24, 2.45) is 0 Å². The lowest BCUT2D eigenvalue weighted by Gasteiger charge is -2.36. The van der Waals surface area contributed by atoms with Crippen LogP contribution in [0.15, 0.2) is 71.6 Å². The monoisotopic (exact) mass is 658 g/mol. The largest absolute Gasteiger partial charge is 0.468 e. The van der Waals surface area contributed by atoms with E-state index in [1.807, 2.05) is 12.1 Å². The second kappa shape index (κ2) is 15.2. The van der Waals surface area contributed by atoms with E-state index >= 15 is 0 Å². The molecule has 3 aromatic rings. The number of hydrogen-bond acceptors (Lipinski definition) is 8. The van der Waals surface area contributed by atoms with Crippen molar-refractivity contribution in [3.05, 3.63) is 77.3 Å². The SMILES string of the molecule is COC(=O)CNC(=O)C(Cc1ccc(Cl)cc1)(NC(=O)CCNS(=O)(=O)c1ccc2ccccc2c1)OC(=O)N1CCCCC1. The molecule has 1 heterocycles. The first-order valence-electron chi connectivity index (χ1n) is 14.4. The second-order valence-corrected chi connectivity index (χ2v) is 12.7. The molecule has 1 unspecified atom stereocenters. The van der Waals surface area contributed by atoms with Crippen LogP contribution in [0.4, 0.5) is 4.79 Å².